The summed E-state index contributed by atoms with van der Waals surface area (Å²) < 4.78 is 5.87. The number of aromatic amines is 1. The van der Waals surface area contributed by atoms with Crippen LogP contribution in [-0.4, -0.2) is 20.1 Å². The van der Waals surface area contributed by atoms with Crippen LogP contribution in [0.4, 0.5) is 0 Å². The quantitative estimate of drug-likeness (QED) is 0.452. The molecule has 5 aromatic rings. The van der Waals surface area contributed by atoms with E-state index < -0.39 is 0 Å². The third-order valence-electron chi connectivity index (χ3n) is 4.26. The van der Waals surface area contributed by atoms with Crippen molar-refractivity contribution >= 4 is 33.8 Å². The summed E-state index contributed by atoms with van der Waals surface area (Å²) in [5.74, 6) is 0.395. The van der Waals surface area contributed by atoms with Crippen LogP contribution in [0.3, 0.4) is 0 Å². The monoisotopic (exact) mass is 407 g/mol. The van der Waals surface area contributed by atoms with Gasteiger partial charge in [0.15, 0.2) is 5.58 Å². The van der Waals surface area contributed by atoms with Crippen LogP contribution in [0, 0.1) is 0 Å². The second kappa shape index (κ2) is 6.74. The maximum Gasteiger partial charge on any atom is 0.307 e. The molecular formula is C20H13N3O3S2. The predicted molar refractivity (Wildman–Crippen MR) is 110 cm³/mol. The normalized spacial score (nSPS) is 11.3. The van der Waals surface area contributed by atoms with Gasteiger partial charge in [-0.3, -0.25) is 9.78 Å². The molecule has 0 atom stereocenters. The molecule has 0 saturated carbocycles. The van der Waals surface area contributed by atoms with E-state index in [1.165, 1.54) is 0 Å². The van der Waals surface area contributed by atoms with E-state index in [9.17, 15) is 9.90 Å². The van der Waals surface area contributed by atoms with Gasteiger partial charge in [-0.15, -0.1) is 11.3 Å². The zero-order chi connectivity index (χ0) is 19.1. The largest absolute Gasteiger partial charge is 0.494 e. The molecule has 28 heavy (non-hydrogen) atoms. The standard InChI is InChI=1S/C20H13N3O3S2/c24-17-16(28-20(25)23-17)9-11-6-7-15-13(8-11)21-18(26-15)14-10-27-19(22-14)12-4-2-1-3-5-12/h1-8,10,24H,9H2,(H,23,25). The lowest BCUT2D eigenvalue weighted by Gasteiger charge is -1.98. The molecular weight excluding hydrogens is 394 g/mol. The second-order valence-corrected chi connectivity index (χ2v) is 8.11. The molecule has 0 spiro atoms. The highest BCUT2D eigenvalue weighted by Gasteiger charge is 2.14. The van der Waals surface area contributed by atoms with Gasteiger partial charge in [0, 0.05) is 17.4 Å². The number of benzene rings is 2. The minimum absolute atomic E-state index is 0.0770. The van der Waals surface area contributed by atoms with Crippen LogP contribution in [0.1, 0.15) is 10.4 Å². The Bertz CT molecular complexity index is 1330. The Morgan fingerprint density at radius 3 is 2.75 bits per heavy atom. The van der Waals surface area contributed by atoms with Crippen LogP contribution in [-0.2, 0) is 6.42 Å². The zero-order valence-electron chi connectivity index (χ0n) is 14.4. The van der Waals surface area contributed by atoms with Crippen molar-refractivity contribution in [2.45, 2.75) is 6.42 Å². The van der Waals surface area contributed by atoms with Crippen molar-refractivity contribution in [3.05, 3.63) is 74.0 Å². The topological polar surface area (TPSA) is 92.0 Å². The van der Waals surface area contributed by atoms with E-state index in [4.69, 9.17) is 4.42 Å². The Morgan fingerprint density at radius 2 is 1.96 bits per heavy atom. The summed E-state index contributed by atoms with van der Waals surface area (Å²) in [4.78, 5) is 23.3. The number of oxazole rings is 1. The number of hydrogen-bond acceptors (Lipinski definition) is 7. The molecule has 2 N–H and O–H groups in total. The first-order valence-electron chi connectivity index (χ1n) is 8.47. The Labute approximate surface area is 166 Å². The van der Waals surface area contributed by atoms with E-state index in [-0.39, 0.29) is 10.8 Å². The second-order valence-electron chi connectivity index (χ2n) is 6.19. The van der Waals surface area contributed by atoms with Crippen LogP contribution in [0.5, 0.6) is 5.88 Å². The van der Waals surface area contributed by atoms with Crippen molar-refractivity contribution < 1.29 is 9.52 Å². The van der Waals surface area contributed by atoms with Gasteiger partial charge in [0.05, 0.1) is 4.88 Å². The van der Waals surface area contributed by atoms with Crippen molar-refractivity contribution in [1.82, 2.24) is 15.0 Å². The minimum Gasteiger partial charge on any atom is -0.494 e. The van der Waals surface area contributed by atoms with Gasteiger partial charge >= 0.3 is 4.87 Å². The van der Waals surface area contributed by atoms with E-state index in [0.29, 0.717) is 34.0 Å². The molecule has 0 fully saturated rings. The molecule has 138 valence electrons. The first kappa shape index (κ1) is 16.9. The fourth-order valence-electron chi connectivity index (χ4n) is 2.94. The molecule has 0 aliphatic carbocycles. The zero-order valence-corrected chi connectivity index (χ0v) is 16.0. The summed E-state index contributed by atoms with van der Waals surface area (Å²) in [6, 6.07) is 15.6. The molecule has 3 aromatic heterocycles. The average molecular weight is 407 g/mol. The number of aromatic hydroxyl groups is 1. The van der Waals surface area contributed by atoms with Gasteiger partial charge in [-0.05, 0) is 17.7 Å². The number of rotatable bonds is 4. The number of hydrogen-bond donors (Lipinski definition) is 2. The molecule has 0 unspecified atom stereocenters. The maximum absolute atomic E-state index is 11.3. The van der Waals surface area contributed by atoms with Gasteiger partial charge in [0.1, 0.15) is 16.2 Å². The summed E-state index contributed by atoms with van der Waals surface area (Å²) in [6.07, 6.45) is 0.447. The molecule has 3 heterocycles. The molecule has 0 amide bonds. The molecule has 0 aliphatic rings. The van der Waals surface area contributed by atoms with Crippen molar-refractivity contribution in [2.75, 3.05) is 0 Å². The number of aromatic nitrogens is 3. The van der Waals surface area contributed by atoms with Gasteiger partial charge in [-0.2, -0.15) is 0 Å². The SMILES string of the molecule is O=c1[nH]c(O)c(Cc2ccc3oc(-c4csc(-c5ccccc5)n4)nc3c2)s1. The van der Waals surface area contributed by atoms with E-state index in [2.05, 4.69) is 15.0 Å². The number of nitrogens with zero attached hydrogens (tertiary/aromatic N) is 2. The van der Waals surface area contributed by atoms with E-state index in [0.717, 1.165) is 27.5 Å². The summed E-state index contributed by atoms with van der Waals surface area (Å²) in [6.45, 7) is 0. The lowest BCUT2D eigenvalue weighted by atomic mass is 10.1. The van der Waals surface area contributed by atoms with Gasteiger partial charge in [0.2, 0.25) is 11.8 Å². The number of fused-ring (bicyclic) bond motifs is 1. The van der Waals surface area contributed by atoms with Crippen LogP contribution in [0.2, 0.25) is 0 Å². The Hall–Kier alpha value is -3.23. The molecule has 2 aromatic carbocycles. The van der Waals surface area contributed by atoms with Crippen molar-refractivity contribution in [3.63, 3.8) is 0 Å². The average Bonchev–Trinajstić information content (AvgIpc) is 3.41. The van der Waals surface area contributed by atoms with Gasteiger partial charge in [0.25, 0.3) is 0 Å². The summed E-state index contributed by atoms with van der Waals surface area (Å²) in [7, 11) is 0. The molecule has 0 bridgehead atoms. The summed E-state index contributed by atoms with van der Waals surface area (Å²) >= 11 is 2.55. The molecule has 8 heteroatoms. The maximum atomic E-state index is 11.3. The Kier molecular flexibility index (Phi) is 4.07. The molecule has 5 rings (SSSR count). The van der Waals surface area contributed by atoms with Crippen molar-refractivity contribution in [3.8, 4) is 28.0 Å². The number of H-pyrrole nitrogens is 1. The molecule has 6 nitrogen and oxygen atoms in total. The Morgan fingerprint density at radius 1 is 1.11 bits per heavy atom. The Balaban J connectivity index is 1.46. The molecule has 0 saturated heterocycles. The number of nitrogens with one attached hydrogen (secondary N) is 1. The fraction of sp³-hybridized carbons (Fsp3) is 0.0500. The highest BCUT2D eigenvalue weighted by atomic mass is 32.1. The van der Waals surface area contributed by atoms with Gasteiger partial charge in [-0.1, -0.05) is 47.7 Å². The van der Waals surface area contributed by atoms with Gasteiger partial charge in [-0.25, -0.2) is 9.97 Å². The van der Waals surface area contributed by atoms with Crippen molar-refractivity contribution in [1.29, 1.82) is 0 Å². The predicted octanol–water partition coefficient (Wildman–Crippen LogP) is 4.66. The van der Waals surface area contributed by atoms with E-state index in [1.54, 1.807) is 11.3 Å². The van der Waals surface area contributed by atoms with Gasteiger partial charge < -0.3 is 9.52 Å². The molecule has 0 aliphatic heterocycles. The first-order chi connectivity index (χ1) is 13.7. The highest BCUT2D eigenvalue weighted by Crippen LogP contribution is 2.31. The highest BCUT2D eigenvalue weighted by molar-refractivity contribution is 7.13. The first-order valence-corrected chi connectivity index (χ1v) is 10.2. The lowest BCUT2D eigenvalue weighted by Crippen LogP contribution is -1.89. The third-order valence-corrected chi connectivity index (χ3v) is 6.02. The van der Waals surface area contributed by atoms with Crippen LogP contribution in [0.25, 0.3) is 33.3 Å². The summed E-state index contributed by atoms with van der Waals surface area (Å²) in [5.41, 5.74) is 4.07. The van der Waals surface area contributed by atoms with E-state index >= 15 is 0 Å². The van der Waals surface area contributed by atoms with Crippen molar-refractivity contribution in [2.24, 2.45) is 0 Å². The minimum atomic E-state index is -0.268. The van der Waals surface area contributed by atoms with Crippen LogP contribution >= 0.6 is 22.7 Å². The lowest BCUT2D eigenvalue weighted by molar-refractivity contribution is 0.451. The van der Waals surface area contributed by atoms with E-state index in [1.807, 2.05) is 53.9 Å². The smallest absolute Gasteiger partial charge is 0.307 e. The summed E-state index contributed by atoms with van der Waals surface area (Å²) in [5, 5.41) is 12.6. The van der Waals surface area contributed by atoms with Crippen LogP contribution < -0.4 is 4.87 Å². The molecule has 0 radical (unpaired) electrons. The fourth-order valence-corrected chi connectivity index (χ4v) is 4.49. The third kappa shape index (κ3) is 3.12. The number of thiazole rings is 2. The van der Waals surface area contributed by atoms with Crippen LogP contribution in [0.15, 0.2) is 63.1 Å².